The Morgan fingerprint density at radius 3 is 2.69 bits per heavy atom. The van der Waals surface area contributed by atoms with E-state index in [-0.39, 0.29) is 0 Å². The van der Waals surface area contributed by atoms with Gasteiger partial charge in [-0.3, -0.25) is 0 Å². The van der Waals surface area contributed by atoms with Crippen LogP contribution in [-0.2, 0) is 0 Å². The molecule has 0 aliphatic heterocycles. The predicted octanol–water partition coefficient (Wildman–Crippen LogP) is 3.11. The molecule has 1 aromatic rings. The number of aromatic nitrogens is 1. The number of nitrogens with one attached hydrogen (secondary N) is 1. The van der Waals surface area contributed by atoms with Gasteiger partial charge >= 0.3 is 0 Å². The second-order valence-electron chi connectivity index (χ2n) is 4.28. The summed E-state index contributed by atoms with van der Waals surface area (Å²) in [5.41, 5.74) is 1.54. The summed E-state index contributed by atoms with van der Waals surface area (Å²) in [5, 5.41) is 12.3. The van der Waals surface area contributed by atoms with Crippen molar-refractivity contribution in [1.29, 1.82) is 5.26 Å². The Kier molecular flexibility index (Phi) is 4.30. The summed E-state index contributed by atoms with van der Waals surface area (Å²) in [5.74, 6) is 1.27. The fourth-order valence-corrected chi connectivity index (χ4v) is 1.47. The molecule has 0 fully saturated rings. The SMILES string of the molecule is CCC(C)C(C)Nc1nc(C)ccc1C#N. The lowest BCUT2D eigenvalue weighted by atomic mass is 10.0. The van der Waals surface area contributed by atoms with Gasteiger partial charge < -0.3 is 5.32 Å². The molecule has 0 bridgehead atoms. The molecule has 1 aromatic heterocycles. The molecule has 1 heterocycles. The fourth-order valence-electron chi connectivity index (χ4n) is 1.47. The standard InChI is InChI=1S/C13H19N3/c1-5-9(2)11(4)16-13-12(8-14)7-6-10(3)15-13/h6-7,9,11H,5H2,1-4H3,(H,15,16). The zero-order chi connectivity index (χ0) is 12.1. The summed E-state index contributed by atoms with van der Waals surface area (Å²) >= 11 is 0. The van der Waals surface area contributed by atoms with Crippen molar-refractivity contribution >= 4 is 5.82 Å². The van der Waals surface area contributed by atoms with Crippen LogP contribution in [0, 0.1) is 24.2 Å². The van der Waals surface area contributed by atoms with E-state index in [9.17, 15) is 0 Å². The normalized spacial score (nSPS) is 13.9. The van der Waals surface area contributed by atoms with E-state index >= 15 is 0 Å². The van der Waals surface area contributed by atoms with Crippen molar-refractivity contribution in [3.63, 3.8) is 0 Å². The van der Waals surface area contributed by atoms with Crippen LogP contribution in [0.4, 0.5) is 5.82 Å². The van der Waals surface area contributed by atoms with Gasteiger partial charge in [-0.25, -0.2) is 4.98 Å². The summed E-state index contributed by atoms with van der Waals surface area (Å²) < 4.78 is 0. The van der Waals surface area contributed by atoms with E-state index in [0.717, 1.165) is 12.1 Å². The largest absolute Gasteiger partial charge is 0.366 e. The number of rotatable bonds is 4. The molecule has 0 aliphatic carbocycles. The van der Waals surface area contributed by atoms with Gasteiger partial charge in [0.1, 0.15) is 11.9 Å². The van der Waals surface area contributed by atoms with Crippen LogP contribution in [0.5, 0.6) is 0 Å². The minimum atomic E-state index is 0.325. The van der Waals surface area contributed by atoms with Gasteiger partial charge in [-0.15, -0.1) is 0 Å². The van der Waals surface area contributed by atoms with Crippen LogP contribution in [0.2, 0.25) is 0 Å². The van der Waals surface area contributed by atoms with E-state index in [1.165, 1.54) is 0 Å². The average Bonchev–Trinajstić information content (AvgIpc) is 2.28. The van der Waals surface area contributed by atoms with Crippen LogP contribution in [0.15, 0.2) is 12.1 Å². The summed E-state index contributed by atoms with van der Waals surface area (Å²) in [4.78, 5) is 4.37. The Bertz CT molecular complexity index is 393. The zero-order valence-electron chi connectivity index (χ0n) is 10.4. The highest BCUT2D eigenvalue weighted by atomic mass is 15.0. The lowest BCUT2D eigenvalue weighted by molar-refractivity contribution is 0.493. The van der Waals surface area contributed by atoms with E-state index in [0.29, 0.717) is 23.3 Å². The first kappa shape index (κ1) is 12.5. The molecule has 86 valence electrons. The Labute approximate surface area is 97.5 Å². The van der Waals surface area contributed by atoms with Crippen LogP contribution in [-0.4, -0.2) is 11.0 Å². The third-order valence-corrected chi connectivity index (χ3v) is 3.02. The van der Waals surface area contributed by atoms with E-state index in [1.807, 2.05) is 19.1 Å². The molecule has 2 atom stereocenters. The number of anilines is 1. The molecule has 1 N–H and O–H groups in total. The molecule has 1 rings (SSSR count). The summed E-state index contributed by atoms with van der Waals surface area (Å²) in [6.07, 6.45) is 1.11. The third-order valence-electron chi connectivity index (χ3n) is 3.02. The van der Waals surface area contributed by atoms with E-state index in [1.54, 1.807) is 0 Å². The van der Waals surface area contributed by atoms with Crippen molar-refractivity contribution in [3.8, 4) is 6.07 Å². The molecule has 16 heavy (non-hydrogen) atoms. The number of nitriles is 1. The van der Waals surface area contributed by atoms with Gasteiger partial charge in [0.2, 0.25) is 0 Å². The Hall–Kier alpha value is -1.56. The van der Waals surface area contributed by atoms with Crippen molar-refractivity contribution in [2.45, 2.75) is 40.2 Å². The van der Waals surface area contributed by atoms with Crippen molar-refractivity contribution in [3.05, 3.63) is 23.4 Å². The molecule has 0 aromatic carbocycles. The van der Waals surface area contributed by atoms with Crippen molar-refractivity contribution in [1.82, 2.24) is 4.98 Å². The molecule has 2 unspecified atom stereocenters. The molecule has 0 saturated carbocycles. The molecule has 3 nitrogen and oxygen atoms in total. The predicted molar refractivity (Wildman–Crippen MR) is 66.2 cm³/mol. The lowest BCUT2D eigenvalue weighted by Crippen LogP contribution is -2.24. The van der Waals surface area contributed by atoms with Gasteiger partial charge in [0.05, 0.1) is 5.56 Å². The minimum Gasteiger partial charge on any atom is -0.366 e. The van der Waals surface area contributed by atoms with Gasteiger partial charge in [0.15, 0.2) is 0 Å². The molecular weight excluding hydrogens is 198 g/mol. The van der Waals surface area contributed by atoms with Crippen molar-refractivity contribution < 1.29 is 0 Å². The van der Waals surface area contributed by atoms with Gasteiger partial charge in [-0.05, 0) is 31.9 Å². The monoisotopic (exact) mass is 217 g/mol. The molecule has 0 spiro atoms. The summed E-state index contributed by atoms with van der Waals surface area (Å²) in [6.45, 7) is 8.41. The van der Waals surface area contributed by atoms with Crippen LogP contribution in [0.3, 0.4) is 0 Å². The van der Waals surface area contributed by atoms with E-state index in [4.69, 9.17) is 5.26 Å². The maximum atomic E-state index is 8.99. The first-order valence-corrected chi connectivity index (χ1v) is 5.72. The average molecular weight is 217 g/mol. The second kappa shape index (κ2) is 5.50. The lowest BCUT2D eigenvalue weighted by Gasteiger charge is -2.21. The first-order chi connectivity index (χ1) is 7.58. The number of hydrogen-bond acceptors (Lipinski definition) is 3. The minimum absolute atomic E-state index is 0.325. The van der Waals surface area contributed by atoms with Gasteiger partial charge in [-0.1, -0.05) is 20.3 Å². The van der Waals surface area contributed by atoms with Gasteiger partial charge in [0, 0.05) is 11.7 Å². The Morgan fingerprint density at radius 1 is 1.44 bits per heavy atom. The molecular formula is C13H19N3. The number of aryl methyl sites for hydroxylation is 1. The molecule has 0 amide bonds. The summed E-state index contributed by atoms with van der Waals surface area (Å²) in [6, 6.07) is 6.16. The van der Waals surface area contributed by atoms with E-state index in [2.05, 4.69) is 37.1 Å². The Morgan fingerprint density at radius 2 is 2.12 bits per heavy atom. The number of hydrogen-bond donors (Lipinski definition) is 1. The number of pyridine rings is 1. The van der Waals surface area contributed by atoms with Gasteiger partial charge in [-0.2, -0.15) is 5.26 Å². The fraction of sp³-hybridized carbons (Fsp3) is 0.538. The Balaban J connectivity index is 2.88. The van der Waals surface area contributed by atoms with Crippen LogP contribution in [0.25, 0.3) is 0 Å². The molecule has 0 aliphatic rings. The summed E-state index contributed by atoms with van der Waals surface area (Å²) in [7, 11) is 0. The maximum absolute atomic E-state index is 8.99. The van der Waals surface area contributed by atoms with Crippen LogP contribution in [0.1, 0.15) is 38.4 Å². The first-order valence-electron chi connectivity index (χ1n) is 5.72. The highest BCUT2D eigenvalue weighted by Crippen LogP contribution is 2.17. The molecule has 0 saturated heterocycles. The third kappa shape index (κ3) is 2.96. The number of nitrogens with zero attached hydrogens (tertiary/aromatic N) is 2. The van der Waals surface area contributed by atoms with E-state index < -0.39 is 0 Å². The second-order valence-corrected chi connectivity index (χ2v) is 4.28. The van der Waals surface area contributed by atoms with Gasteiger partial charge in [0.25, 0.3) is 0 Å². The van der Waals surface area contributed by atoms with Crippen LogP contribution < -0.4 is 5.32 Å². The molecule has 3 heteroatoms. The quantitative estimate of drug-likeness (QED) is 0.843. The van der Waals surface area contributed by atoms with Crippen molar-refractivity contribution in [2.75, 3.05) is 5.32 Å². The molecule has 0 radical (unpaired) electrons. The topological polar surface area (TPSA) is 48.7 Å². The van der Waals surface area contributed by atoms with Crippen molar-refractivity contribution in [2.24, 2.45) is 5.92 Å². The van der Waals surface area contributed by atoms with Crippen LogP contribution >= 0.6 is 0 Å². The smallest absolute Gasteiger partial charge is 0.144 e. The zero-order valence-corrected chi connectivity index (χ0v) is 10.4. The maximum Gasteiger partial charge on any atom is 0.144 e. The highest BCUT2D eigenvalue weighted by Gasteiger charge is 2.12. The highest BCUT2D eigenvalue weighted by molar-refractivity contribution is 5.52.